The van der Waals surface area contributed by atoms with Gasteiger partial charge in [-0.1, -0.05) is 0 Å². The second-order valence-electron chi connectivity index (χ2n) is 3.42. The number of rotatable bonds is 2. The van der Waals surface area contributed by atoms with Crippen LogP contribution in [0.25, 0.3) is 0 Å². The van der Waals surface area contributed by atoms with Crippen LogP contribution >= 0.6 is 27.3 Å². The Kier molecular flexibility index (Phi) is 3.49. The summed E-state index contributed by atoms with van der Waals surface area (Å²) in [4.78, 5) is 0. The molecule has 6 heteroatoms. The fourth-order valence-electron chi connectivity index (χ4n) is 1.60. The maximum Gasteiger partial charge on any atom is 0.190 e. The SMILES string of the molecule is O=S(=O)(c1ccc(Br)s1)C1CCOCC1. The lowest BCUT2D eigenvalue weighted by Gasteiger charge is -2.21. The third kappa shape index (κ3) is 2.43. The molecule has 1 saturated heterocycles. The van der Waals surface area contributed by atoms with Crippen molar-refractivity contribution < 1.29 is 13.2 Å². The van der Waals surface area contributed by atoms with Crippen LogP contribution in [0, 0.1) is 0 Å². The number of ether oxygens (including phenoxy) is 1. The third-order valence-electron chi connectivity index (χ3n) is 2.44. The summed E-state index contributed by atoms with van der Waals surface area (Å²) >= 11 is 4.55. The molecule has 1 aromatic heterocycles. The minimum absolute atomic E-state index is 0.267. The number of hydrogen-bond donors (Lipinski definition) is 0. The number of thiophene rings is 1. The molecule has 15 heavy (non-hydrogen) atoms. The largest absolute Gasteiger partial charge is 0.381 e. The van der Waals surface area contributed by atoms with E-state index < -0.39 is 9.84 Å². The number of hydrogen-bond acceptors (Lipinski definition) is 4. The maximum absolute atomic E-state index is 12.1. The van der Waals surface area contributed by atoms with Crippen LogP contribution in [-0.2, 0) is 14.6 Å². The predicted octanol–water partition coefficient (Wildman–Crippen LogP) is 2.46. The molecule has 0 radical (unpaired) electrons. The average molecular weight is 311 g/mol. The molecule has 1 aliphatic rings. The molecule has 0 aromatic carbocycles. The van der Waals surface area contributed by atoms with Crippen molar-refractivity contribution in [1.82, 2.24) is 0 Å². The minimum atomic E-state index is -3.13. The first kappa shape index (κ1) is 11.6. The van der Waals surface area contributed by atoms with Crippen LogP contribution in [0.2, 0.25) is 0 Å². The highest BCUT2D eigenvalue weighted by Gasteiger charge is 2.30. The topological polar surface area (TPSA) is 43.4 Å². The van der Waals surface area contributed by atoms with Gasteiger partial charge in [-0.2, -0.15) is 0 Å². The quantitative estimate of drug-likeness (QED) is 0.843. The summed E-state index contributed by atoms with van der Waals surface area (Å²) in [7, 11) is -3.13. The Hall–Kier alpha value is 0.0900. The van der Waals surface area contributed by atoms with E-state index in [4.69, 9.17) is 4.74 Å². The monoisotopic (exact) mass is 310 g/mol. The average Bonchev–Trinajstić information content (AvgIpc) is 2.67. The highest BCUT2D eigenvalue weighted by molar-refractivity contribution is 9.11. The second kappa shape index (κ2) is 4.53. The Morgan fingerprint density at radius 3 is 2.53 bits per heavy atom. The molecule has 1 aliphatic heterocycles. The van der Waals surface area contributed by atoms with Crippen LogP contribution < -0.4 is 0 Å². The molecule has 0 N–H and O–H groups in total. The summed E-state index contributed by atoms with van der Waals surface area (Å²) in [6.45, 7) is 1.10. The van der Waals surface area contributed by atoms with E-state index in [1.807, 2.05) is 0 Å². The first-order valence-electron chi connectivity index (χ1n) is 4.67. The standard InChI is InChI=1S/C9H11BrO3S2/c10-8-1-2-9(14-8)15(11,12)7-3-5-13-6-4-7/h1-2,7H,3-6H2. The summed E-state index contributed by atoms with van der Waals surface area (Å²) in [5.41, 5.74) is 0. The Morgan fingerprint density at radius 2 is 2.00 bits per heavy atom. The molecule has 0 bridgehead atoms. The molecule has 0 atom stereocenters. The molecule has 2 heterocycles. The Balaban J connectivity index is 2.26. The summed E-state index contributed by atoms with van der Waals surface area (Å²) in [5.74, 6) is 0. The highest BCUT2D eigenvalue weighted by atomic mass is 79.9. The predicted molar refractivity (Wildman–Crippen MR) is 63.0 cm³/mol. The smallest absolute Gasteiger partial charge is 0.190 e. The van der Waals surface area contributed by atoms with Gasteiger partial charge in [0.05, 0.1) is 9.04 Å². The molecule has 0 spiro atoms. The fraction of sp³-hybridized carbons (Fsp3) is 0.556. The summed E-state index contributed by atoms with van der Waals surface area (Å²) < 4.78 is 30.7. The van der Waals surface area contributed by atoms with E-state index in [9.17, 15) is 8.42 Å². The van der Waals surface area contributed by atoms with E-state index in [2.05, 4.69) is 15.9 Å². The van der Waals surface area contributed by atoms with Crippen LogP contribution in [0.4, 0.5) is 0 Å². The van der Waals surface area contributed by atoms with Gasteiger partial charge in [0, 0.05) is 13.2 Å². The maximum atomic E-state index is 12.1. The van der Waals surface area contributed by atoms with Crippen molar-refractivity contribution in [2.45, 2.75) is 22.3 Å². The minimum Gasteiger partial charge on any atom is -0.381 e. The lowest BCUT2D eigenvalue weighted by Crippen LogP contribution is -2.28. The van der Waals surface area contributed by atoms with Crippen LogP contribution in [0.1, 0.15) is 12.8 Å². The van der Waals surface area contributed by atoms with Crippen molar-refractivity contribution in [1.29, 1.82) is 0 Å². The Bertz CT molecular complexity index is 432. The van der Waals surface area contributed by atoms with Crippen molar-refractivity contribution in [2.24, 2.45) is 0 Å². The van der Waals surface area contributed by atoms with E-state index >= 15 is 0 Å². The molecular weight excluding hydrogens is 300 g/mol. The van der Waals surface area contributed by atoms with Gasteiger partial charge in [0.1, 0.15) is 4.21 Å². The summed E-state index contributed by atoms with van der Waals surface area (Å²) in [5, 5.41) is -0.267. The van der Waals surface area contributed by atoms with E-state index in [0.717, 1.165) is 3.79 Å². The van der Waals surface area contributed by atoms with Gasteiger partial charge in [0.15, 0.2) is 9.84 Å². The highest BCUT2D eigenvalue weighted by Crippen LogP contribution is 2.31. The molecule has 2 rings (SSSR count). The number of sulfone groups is 1. The van der Waals surface area contributed by atoms with Crippen molar-refractivity contribution in [3.63, 3.8) is 0 Å². The molecule has 0 aliphatic carbocycles. The zero-order chi connectivity index (χ0) is 10.9. The molecule has 84 valence electrons. The van der Waals surface area contributed by atoms with Crippen molar-refractivity contribution in [3.8, 4) is 0 Å². The first-order chi connectivity index (χ1) is 7.10. The molecule has 1 aromatic rings. The van der Waals surface area contributed by atoms with Crippen molar-refractivity contribution in [2.75, 3.05) is 13.2 Å². The van der Waals surface area contributed by atoms with Crippen LogP contribution in [-0.4, -0.2) is 26.9 Å². The molecule has 0 amide bonds. The van der Waals surface area contributed by atoms with Gasteiger partial charge in [-0.15, -0.1) is 11.3 Å². The van der Waals surface area contributed by atoms with E-state index in [-0.39, 0.29) is 5.25 Å². The first-order valence-corrected chi connectivity index (χ1v) is 7.83. The van der Waals surface area contributed by atoms with E-state index in [0.29, 0.717) is 30.3 Å². The lowest BCUT2D eigenvalue weighted by molar-refractivity contribution is 0.0984. The van der Waals surface area contributed by atoms with E-state index in [1.54, 1.807) is 12.1 Å². The Morgan fingerprint density at radius 1 is 1.33 bits per heavy atom. The molecule has 0 saturated carbocycles. The fourth-order valence-corrected chi connectivity index (χ4v) is 5.58. The van der Waals surface area contributed by atoms with Crippen LogP contribution in [0.15, 0.2) is 20.1 Å². The van der Waals surface area contributed by atoms with Crippen LogP contribution in [0.3, 0.4) is 0 Å². The van der Waals surface area contributed by atoms with Gasteiger partial charge < -0.3 is 4.74 Å². The van der Waals surface area contributed by atoms with Gasteiger partial charge in [0.2, 0.25) is 0 Å². The Labute approximate surface area is 101 Å². The van der Waals surface area contributed by atoms with Gasteiger partial charge in [-0.25, -0.2) is 8.42 Å². The van der Waals surface area contributed by atoms with E-state index in [1.165, 1.54) is 11.3 Å². The van der Waals surface area contributed by atoms with Crippen LogP contribution in [0.5, 0.6) is 0 Å². The zero-order valence-corrected chi connectivity index (χ0v) is 11.2. The van der Waals surface area contributed by atoms with Gasteiger partial charge in [-0.05, 0) is 40.9 Å². The molecule has 1 fully saturated rings. The van der Waals surface area contributed by atoms with Crippen molar-refractivity contribution in [3.05, 3.63) is 15.9 Å². The molecule has 3 nitrogen and oxygen atoms in total. The molecule has 0 unspecified atom stereocenters. The molecular formula is C9H11BrO3S2. The van der Waals surface area contributed by atoms with Crippen molar-refractivity contribution >= 4 is 37.1 Å². The van der Waals surface area contributed by atoms with Gasteiger partial charge in [0.25, 0.3) is 0 Å². The normalized spacial score (nSPS) is 19.3. The van der Waals surface area contributed by atoms with Gasteiger partial charge >= 0.3 is 0 Å². The third-order valence-corrected chi connectivity index (χ3v) is 6.85. The van der Waals surface area contributed by atoms with Gasteiger partial charge in [-0.3, -0.25) is 0 Å². The summed E-state index contributed by atoms with van der Waals surface area (Å²) in [6, 6.07) is 3.44. The second-order valence-corrected chi connectivity index (χ2v) is 8.33. The lowest BCUT2D eigenvalue weighted by atomic mass is 10.2. The number of halogens is 1. The summed E-state index contributed by atoms with van der Waals surface area (Å²) in [6.07, 6.45) is 1.22. The zero-order valence-electron chi connectivity index (χ0n) is 7.98.